The van der Waals surface area contributed by atoms with E-state index < -0.39 is 11.8 Å². The predicted octanol–water partition coefficient (Wildman–Crippen LogP) is 2.30. The lowest BCUT2D eigenvalue weighted by Crippen LogP contribution is -2.42. The molecule has 0 aliphatic carbocycles. The van der Waals surface area contributed by atoms with Crippen LogP contribution in [-0.4, -0.2) is 53.1 Å². The molecule has 0 radical (unpaired) electrons. The van der Waals surface area contributed by atoms with E-state index in [4.69, 9.17) is 9.84 Å². The number of anilines is 2. The van der Waals surface area contributed by atoms with Gasteiger partial charge in [-0.25, -0.2) is 14.2 Å². The first-order chi connectivity index (χ1) is 12.5. The number of nitrogens with zero attached hydrogens (tertiary/aromatic N) is 3. The Morgan fingerprint density at radius 3 is 2.65 bits per heavy atom. The van der Waals surface area contributed by atoms with Gasteiger partial charge in [-0.1, -0.05) is 0 Å². The molecule has 7 nitrogen and oxygen atoms in total. The van der Waals surface area contributed by atoms with Gasteiger partial charge in [-0.2, -0.15) is 0 Å². The minimum absolute atomic E-state index is 0.0795. The number of carboxylic acids is 1. The highest BCUT2D eigenvalue weighted by atomic mass is 19.1. The van der Waals surface area contributed by atoms with Crippen molar-refractivity contribution in [3.05, 3.63) is 47.4 Å². The number of rotatable bonds is 3. The molecule has 4 rings (SSSR count). The van der Waals surface area contributed by atoms with E-state index in [2.05, 4.69) is 4.98 Å². The van der Waals surface area contributed by atoms with Crippen LogP contribution in [0.1, 0.15) is 27.1 Å². The number of hydrogen-bond acceptors (Lipinski definition) is 5. The number of carboxylic acid groups (broad SMARTS) is 1. The van der Waals surface area contributed by atoms with Crippen molar-refractivity contribution in [3.8, 4) is 5.75 Å². The van der Waals surface area contributed by atoms with Crippen LogP contribution in [0, 0.1) is 5.82 Å². The Morgan fingerprint density at radius 1 is 1.19 bits per heavy atom. The molecule has 0 saturated carbocycles. The summed E-state index contributed by atoms with van der Waals surface area (Å²) in [6, 6.07) is 5.57. The number of fused-ring (bicyclic) bond motifs is 1. The first-order valence-electron chi connectivity index (χ1n) is 8.27. The molecule has 0 bridgehead atoms. The maximum absolute atomic E-state index is 14.0. The van der Waals surface area contributed by atoms with Gasteiger partial charge in [0.1, 0.15) is 12.4 Å². The summed E-state index contributed by atoms with van der Waals surface area (Å²) in [7, 11) is 0. The number of benzene rings is 1. The molecule has 1 N–H and O–H groups in total. The first-order valence-corrected chi connectivity index (χ1v) is 8.27. The Labute approximate surface area is 148 Å². The van der Waals surface area contributed by atoms with Crippen molar-refractivity contribution in [2.45, 2.75) is 6.42 Å². The van der Waals surface area contributed by atoms with Gasteiger partial charge in [0.25, 0.3) is 5.91 Å². The Bertz CT molecular complexity index is 898. The topological polar surface area (TPSA) is 83.0 Å². The molecule has 1 saturated heterocycles. The van der Waals surface area contributed by atoms with Crippen molar-refractivity contribution in [2.24, 2.45) is 0 Å². The number of aromatic carboxylic acids is 1. The number of halogens is 1. The monoisotopic (exact) mass is 357 g/mol. The van der Waals surface area contributed by atoms with Crippen LogP contribution in [0.15, 0.2) is 30.5 Å². The Morgan fingerprint density at radius 2 is 2.00 bits per heavy atom. The molecular formula is C18H16FN3O4. The molecule has 26 heavy (non-hydrogen) atoms. The van der Waals surface area contributed by atoms with Crippen LogP contribution in [0.5, 0.6) is 5.75 Å². The van der Waals surface area contributed by atoms with E-state index >= 15 is 0 Å². The summed E-state index contributed by atoms with van der Waals surface area (Å²) in [6.07, 6.45) is 2.50. The maximum Gasteiger partial charge on any atom is 0.338 e. The second-order valence-electron chi connectivity index (χ2n) is 6.16. The van der Waals surface area contributed by atoms with Crippen molar-refractivity contribution in [1.29, 1.82) is 0 Å². The predicted molar refractivity (Wildman–Crippen MR) is 90.6 cm³/mol. The molecule has 8 heteroatoms. The molecular weight excluding hydrogens is 341 g/mol. The van der Waals surface area contributed by atoms with Crippen molar-refractivity contribution < 1.29 is 23.8 Å². The smallest absolute Gasteiger partial charge is 0.338 e. The van der Waals surface area contributed by atoms with Gasteiger partial charge in [-0.15, -0.1) is 0 Å². The van der Waals surface area contributed by atoms with Crippen molar-refractivity contribution in [2.75, 3.05) is 31.1 Å². The van der Waals surface area contributed by atoms with Crippen LogP contribution in [0.3, 0.4) is 0 Å². The lowest BCUT2D eigenvalue weighted by atomic mass is 10.1. The fraction of sp³-hybridized carbons (Fsp3) is 0.278. The Hall–Kier alpha value is -3.16. The molecule has 0 unspecified atom stereocenters. The van der Waals surface area contributed by atoms with Crippen LogP contribution in [0.25, 0.3) is 0 Å². The van der Waals surface area contributed by atoms with E-state index in [9.17, 15) is 14.0 Å². The maximum atomic E-state index is 14.0. The molecule has 0 spiro atoms. The van der Waals surface area contributed by atoms with Crippen molar-refractivity contribution in [3.63, 3.8) is 0 Å². The summed E-state index contributed by atoms with van der Waals surface area (Å²) in [4.78, 5) is 31.1. The van der Waals surface area contributed by atoms with Gasteiger partial charge in [0.15, 0.2) is 11.6 Å². The number of carbonyl (C=O) groups excluding carboxylic acids is 1. The standard InChI is InChI=1S/C18H16FN3O4/c19-14-9-12(2-3-13(14)18(24)25)22-6-7-26-15-8-11(10-20-16(15)22)17(23)21-4-1-5-21/h2-3,8-10H,1,4-7H2,(H,24,25). The minimum Gasteiger partial charge on any atom is -0.488 e. The number of hydrogen-bond donors (Lipinski definition) is 1. The third-order valence-electron chi connectivity index (χ3n) is 4.55. The lowest BCUT2D eigenvalue weighted by molar-refractivity contribution is 0.0649. The molecule has 0 atom stereocenters. The highest BCUT2D eigenvalue weighted by molar-refractivity contribution is 5.95. The SMILES string of the molecule is O=C(O)c1ccc(N2CCOc3cc(C(=O)N4CCC4)cnc32)cc1F. The summed E-state index contributed by atoms with van der Waals surface area (Å²) in [5.74, 6) is -1.29. The van der Waals surface area contributed by atoms with E-state index in [1.165, 1.54) is 24.4 Å². The van der Waals surface area contributed by atoms with Gasteiger partial charge in [-0.05, 0) is 30.7 Å². The number of amides is 1. The summed E-state index contributed by atoms with van der Waals surface area (Å²) >= 11 is 0. The summed E-state index contributed by atoms with van der Waals surface area (Å²) < 4.78 is 19.7. The molecule has 2 aliphatic heterocycles. The average Bonchev–Trinajstić information content (AvgIpc) is 2.58. The van der Waals surface area contributed by atoms with Crippen molar-refractivity contribution in [1.82, 2.24) is 9.88 Å². The summed E-state index contributed by atoms with van der Waals surface area (Å²) in [5, 5.41) is 8.96. The highest BCUT2D eigenvalue weighted by Crippen LogP contribution is 2.36. The summed E-state index contributed by atoms with van der Waals surface area (Å²) in [6.45, 7) is 2.28. The Kier molecular flexibility index (Phi) is 3.95. The molecule has 1 aromatic carbocycles. The largest absolute Gasteiger partial charge is 0.488 e. The highest BCUT2D eigenvalue weighted by Gasteiger charge is 2.27. The van der Waals surface area contributed by atoms with Gasteiger partial charge in [-0.3, -0.25) is 4.79 Å². The normalized spacial score (nSPS) is 15.7. The van der Waals surface area contributed by atoms with Crippen LogP contribution in [0.4, 0.5) is 15.9 Å². The van der Waals surface area contributed by atoms with Gasteiger partial charge in [0.2, 0.25) is 0 Å². The molecule has 1 fully saturated rings. The lowest BCUT2D eigenvalue weighted by Gasteiger charge is -2.32. The number of ether oxygens (including phenoxy) is 1. The van der Waals surface area contributed by atoms with Crippen LogP contribution in [0.2, 0.25) is 0 Å². The molecule has 1 aromatic heterocycles. The molecule has 3 heterocycles. The summed E-state index contributed by atoms with van der Waals surface area (Å²) in [5.41, 5.74) is 0.551. The van der Waals surface area contributed by atoms with Gasteiger partial charge >= 0.3 is 5.97 Å². The van der Waals surface area contributed by atoms with E-state index in [0.29, 0.717) is 36.0 Å². The molecule has 1 amide bonds. The quantitative estimate of drug-likeness (QED) is 0.908. The second-order valence-corrected chi connectivity index (χ2v) is 6.16. The third-order valence-corrected chi connectivity index (χ3v) is 4.55. The Balaban J connectivity index is 1.66. The zero-order valence-electron chi connectivity index (χ0n) is 13.8. The van der Waals surface area contributed by atoms with Crippen LogP contribution < -0.4 is 9.64 Å². The first kappa shape index (κ1) is 16.3. The fourth-order valence-electron chi connectivity index (χ4n) is 3.01. The van der Waals surface area contributed by atoms with E-state index in [-0.39, 0.29) is 11.5 Å². The molecule has 134 valence electrons. The third kappa shape index (κ3) is 2.73. The van der Waals surface area contributed by atoms with Crippen LogP contribution in [-0.2, 0) is 0 Å². The number of aromatic nitrogens is 1. The fourth-order valence-corrected chi connectivity index (χ4v) is 3.01. The molecule has 2 aromatic rings. The van der Waals surface area contributed by atoms with E-state index in [1.54, 1.807) is 15.9 Å². The van der Waals surface area contributed by atoms with E-state index in [1.807, 2.05) is 0 Å². The van der Waals surface area contributed by atoms with E-state index in [0.717, 1.165) is 19.5 Å². The van der Waals surface area contributed by atoms with Gasteiger partial charge < -0.3 is 19.6 Å². The minimum atomic E-state index is -1.32. The number of pyridine rings is 1. The number of likely N-dealkylation sites (tertiary alicyclic amines) is 1. The zero-order valence-corrected chi connectivity index (χ0v) is 13.8. The zero-order chi connectivity index (χ0) is 18.3. The second kappa shape index (κ2) is 6.29. The van der Waals surface area contributed by atoms with Crippen LogP contribution >= 0.6 is 0 Å². The van der Waals surface area contributed by atoms with Gasteiger partial charge in [0, 0.05) is 25.0 Å². The average molecular weight is 357 g/mol. The molecule has 2 aliphatic rings. The number of carbonyl (C=O) groups is 2. The van der Waals surface area contributed by atoms with Crippen molar-refractivity contribution >= 4 is 23.4 Å². The van der Waals surface area contributed by atoms with Gasteiger partial charge in [0.05, 0.1) is 17.7 Å².